The number of carbonyl (C=O) groups excluding carboxylic acids is 2. The highest BCUT2D eigenvalue weighted by Gasteiger charge is 2.30. The molecular formula is C19H28N6O3. The van der Waals surface area contributed by atoms with E-state index in [4.69, 9.17) is 9.72 Å². The summed E-state index contributed by atoms with van der Waals surface area (Å²) in [5.74, 6) is 1.80. The van der Waals surface area contributed by atoms with Gasteiger partial charge in [-0.3, -0.25) is 9.59 Å². The lowest BCUT2D eigenvalue weighted by Crippen LogP contribution is -2.53. The largest absolute Gasteiger partial charge is 0.378 e. The minimum atomic E-state index is -0.0848. The van der Waals surface area contributed by atoms with Crippen LogP contribution >= 0.6 is 0 Å². The van der Waals surface area contributed by atoms with E-state index >= 15 is 0 Å². The minimum absolute atomic E-state index is 0.0454. The number of aryl methyl sites for hydroxylation is 1. The third-order valence-electron chi connectivity index (χ3n) is 5.65. The highest BCUT2D eigenvalue weighted by atomic mass is 16.5. The number of nitrogens with one attached hydrogen (secondary N) is 1. The van der Waals surface area contributed by atoms with Crippen molar-refractivity contribution in [1.82, 2.24) is 20.2 Å². The molecule has 3 fully saturated rings. The zero-order chi connectivity index (χ0) is 19.5. The number of nitrogens with zero attached hydrogens (tertiary/aromatic N) is 5. The number of hydrogen-bond donors (Lipinski definition) is 1. The van der Waals surface area contributed by atoms with E-state index in [0.29, 0.717) is 45.7 Å². The van der Waals surface area contributed by atoms with Crippen molar-refractivity contribution in [3.8, 4) is 0 Å². The van der Waals surface area contributed by atoms with Crippen molar-refractivity contribution in [2.75, 3.05) is 68.8 Å². The molecule has 0 radical (unpaired) electrons. The number of piperazine rings is 1. The summed E-state index contributed by atoms with van der Waals surface area (Å²) >= 11 is 0. The van der Waals surface area contributed by atoms with Crippen LogP contribution in [0.3, 0.4) is 0 Å². The van der Waals surface area contributed by atoms with Crippen molar-refractivity contribution in [3.05, 3.63) is 11.8 Å². The Kier molecular flexibility index (Phi) is 5.61. The van der Waals surface area contributed by atoms with Crippen molar-refractivity contribution in [3.63, 3.8) is 0 Å². The summed E-state index contributed by atoms with van der Waals surface area (Å²) in [6.45, 7) is 8.35. The number of aromatic nitrogens is 2. The molecule has 0 aromatic carbocycles. The predicted octanol–water partition coefficient (Wildman–Crippen LogP) is -0.204. The Balaban J connectivity index is 1.37. The molecule has 0 spiro atoms. The average molecular weight is 388 g/mol. The predicted molar refractivity (Wildman–Crippen MR) is 104 cm³/mol. The molecular weight excluding hydrogens is 360 g/mol. The molecule has 9 heteroatoms. The van der Waals surface area contributed by atoms with Gasteiger partial charge in [0.05, 0.1) is 19.1 Å². The van der Waals surface area contributed by atoms with E-state index in [0.717, 1.165) is 43.6 Å². The molecule has 0 aliphatic carbocycles. The second-order valence-corrected chi connectivity index (χ2v) is 7.62. The summed E-state index contributed by atoms with van der Waals surface area (Å²) in [5, 5.41) is 2.80. The van der Waals surface area contributed by atoms with E-state index in [1.807, 2.05) is 17.9 Å². The summed E-state index contributed by atoms with van der Waals surface area (Å²) in [4.78, 5) is 39.7. The fraction of sp³-hybridized carbons (Fsp3) is 0.684. The molecule has 0 bridgehead atoms. The monoisotopic (exact) mass is 388 g/mol. The molecule has 1 aromatic heterocycles. The Morgan fingerprint density at radius 3 is 2.54 bits per heavy atom. The van der Waals surface area contributed by atoms with Crippen molar-refractivity contribution >= 4 is 23.6 Å². The van der Waals surface area contributed by atoms with E-state index in [1.54, 1.807) is 0 Å². The second-order valence-electron chi connectivity index (χ2n) is 7.62. The fourth-order valence-corrected chi connectivity index (χ4v) is 3.96. The van der Waals surface area contributed by atoms with Gasteiger partial charge in [-0.15, -0.1) is 0 Å². The van der Waals surface area contributed by atoms with Gasteiger partial charge in [0.15, 0.2) is 0 Å². The van der Waals surface area contributed by atoms with Gasteiger partial charge in [0.25, 0.3) is 0 Å². The molecule has 0 saturated carbocycles. The number of carbonyl (C=O) groups is 2. The third kappa shape index (κ3) is 4.19. The third-order valence-corrected chi connectivity index (χ3v) is 5.65. The second kappa shape index (κ2) is 8.30. The van der Waals surface area contributed by atoms with Gasteiger partial charge < -0.3 is 24.8 Å². The van der Waals surface area contributed by atoms with Gasteiger partial charge in [-0.05, 0) is 13.3 Å². The maximum absolute atomic E-state index is 12.7. The first-order chi connectivity index (χ1) is 13.6. The van der Waals surface area contributed by atoms with E-state index < -0.39 is 0 Å². The van der Waals surface area contributed by atoms with Crippen LogP contribution in [0.25, 0.3) is 0 Å². The van der Waals surface area contributed by atoms with E-state index in [-0.39, 0.29) is 17.7 Å². The zero-order valence-corrected chi connectivity index (χ0v) is 16.4. The zero-order valence-electron chi connectivity index (χ0n) is 16.4. The van der Waals surface area contributed by atoms with E-state index in [9.17, 15) is 9.59 Å². The van der Waals surface area contributed by atoms with Crippen molar-refractivity contribution < 1.29 is 14.3 Å². The number of ether oxygens (including phenoxy) is 1. The molecule has 4 heterocycles. The molecule has 1 N–H and O–H groups in total. The van der Waals surface area contributed by atoms with Gasteiger partial charge in [0, 0.05) is 64.0 Å². The van der Waals surface area contributed by atoms with E-state index in [2.05, 4.69) is 20.1 Å². The van der Waals surface area contributed by atoms with Crippen LogP contribution in [-0.4, -0.2) is 85.7 Å². The molecule has 1 unspecified atom stereocenters. The maximum atomic E-state index is 12.7. The standard InChI is InChI=1S/C19H28N6O3/c1-14-12-16(22-19(21-14)25-8-10-28-11-9-25)23-4-6-24(7-5-23)18(27)15-2-3-17(26)20-13-15/h12,15H,2-11,13H2,1H3,(H,20,26). The summed E-state index contributed by atoms with van der Waals surface area (Å²) in [7, 11) is 0. The number of anilines is 2. The number of rotatable bonds is 3. The molecule has 28 heavy (non-hydrogen) atoms. The summed E-state index contributed by atoms with van der Waals surface area (Å²) < 4.78 is 5.42. The molecule has 9 nitrogen and oxygen atoms in total. The number of amides is 2. The van der Waals surface area contributed by atoms with Crippen LogP contribution < -0.4 is 15.1 Å². The fourth-order valence-electron chi connectivity index (χ4n) is 3.96. The average Bonchev–Trinajstić information content (AvgIpc) is 2.74. The van der Waals surface area contributed by atoms with Gasteiger partial charge in [0.2, 0.25) is 17.8 Å². The Morgan fingerprint density at radius 2 is 1.86 bits per heavy atom. The van der Waals surface area contributed by atoms with Crippen LogP contribution in [0.2, 0.25) is 0 Å². The summed E-state index contributed by atoms with van der Waals surface area (Å²) in [6, 6.07) is 2.01. The topological polar surface area (TPSA) is 90.9 Å². The first-order valence-corrected chi connectivity index (χ1v) is 10.1. The van der Waals surface area contributed by atoms with Crippen molar-refractivity contribution in [2.45, 2.75) is 19.8 Å². The van der Waals surface area contributed by atoms with Gasteiger partial charge >= 0.3 is 0 Å². The Morgan fingerprint density at radius 1 is 1.11 bits per heavy atom. The van der Waals surface area contributed by atoms with Crippen molar-refractivity contribution in [1.29, 1.82) is 0 Å². The quantitative estimate of drug-likeness (QED) is 0.767. The normalized spacial score (nSPS) is 23.5. The number of hydrogen-bond acceptors (Lipinski definition) is 7. The smallest absolute Gasteiger partial charge is 0.227 e. The van der Waals surface area contributed by atoms with Crippen LogP contribution in [0, 0.1) is 12.8 Å². The SMILES string of the molecule is Cc1cc(N2CCN(C(=O)C3CCC(=O)NC3)CC2)nc(N2CCOCC2)n1. The molecule has 3 aliphatic heterocycles. The first-order valence-electron chi connectivity index (χ1n) is 10.1. The molecule has 1 atom stereocenters. The molecule has 3 aliphatic rings. The lowest BCUT2D eigenvalue weighted by atomic mass is 9.97. The number of morpholine rings is 1. The van der Waals surface area contributed by atoms with Crippen LogP contribution in [0.5, 0.6) is 0 Å². The Bertz CT molecular complexity index is 718. The van der Waals surface area contributed by atoms with Gasteiger partial charge in [-0.2, -0.15) is 4.98 Å². The Hall–Kier alpha value is -2.42. The molecule has 152 valence electrons. The van der Waals surface area contributed by atoms with Gasteiger partial charge in [-0.25, -0.2) is 4.98 Å². The summed E-state index contributed by atoms with van der Waals surface area (Å²) in [5.41, 5.74) is 0.947. The van der Waals surface area contributed by atoms with Crippen LogP contribution in [0.4, 0.5) is 11.8 Å². The minimum Gasteiger partial charge on any atom is -0.378 e. The maximum Gasteiger partial charge on any atom is 0.227 e. The highest BCUT2D eigenvalue weighted by molar-refractivity contribution is 5.84. The Labute approximate surface area is 165 Å². The van der Waals surface area contributed by atoms with Crippen LogP contribution in [0.1, 0.15) is 18.5 Å². The molecule has 3 saturated heterocycles. The lowest BCUT2D eigenvalue weighted by Gasteiger charge is -2.38. The molecule has 1 aromatic rings. The molecule has 2 amide bonds. The lowest BCUT2D eigenvalue weighted by molar-refractivity contribution is -0.137. The summed E-state index contributed by atoms with van der Waals surface area (Å²) in [6.07, 6.45) is 1.10. The highest BCUT2D eigenvalue weighted by Crippen LogP contribution is 2.21. The van der Waals surface area contributed by atoms with Crippen molar-refractivity contribution in [2.24, 2.45) is 5.92 Å². The van der Waals surface area contributed by atoms with Gasteiger partial charge in [-0.1, -0.05) is 0 Å². The van der Waals surface area contributed by atoms with Crippen LogP contribution in [0.15, 0.2) is 6.07 Å². The van der Waals surface area contributed by atoms with E-state index in [1.165, 1.54) is 0 Å². The first kappa shape index (κ1) is 18.9. The number of piperidine rings is 1. The van der Waals surface area contributed by atoms with Gasteiger partial charge in [0.1, 0.15) is 5.82 Å². The molecule has 4 rings (SSSR count). The van der Waals surface area contributed by atoms with Crippen LogP contribution in [-0.2, 0) is 14.3 Å².